The van der Waals surface area contributed by atoms with E-state index >= 15 is 0 Å². The first-order valence-corrected chi connectivity index (χ1v) is 6.60. The fourth-order valence-corrected chi connectivity index (χ4v) is 2.16. The Labute approximate surface area is 125 Å². The highest BCUT2D eigenvalue weighted by Crippen LogP contribution is 2.19. The van der Waals surface area contributed by atoms with Gasteiger partial charge in [-0.25, -0.2) is 0 Å². The zero-order chi connectivity index (χ0) is 15.7. The van der Waals surface area contributed by atoms with E-state index in [0.717, 1.165) is 4.90 Å². The summed E-state index contributed by atoms with van der Waals surface area (Å²) in [5, 5.41) is 6.16. The van der Waals surface area contributed by atoms with Gasteiger partial charge in [-0.2, -0.15) is 0 Å². The quantitative estimate of drug-likeness (QED) is 0.820. The topological polar surface area (TPSA) is 105 Å². The molecule has 0 unspecified atom stereocenters. The molecule has 0 fully saturated rings. The highest BCUT2D eigenvalue weighted by Gasteiger charge is 2.36. The van der Waals surface area contributed by atoms with E-state index in [0.29, 0.717) is 5.76 Å². The van der Waals surface area contributed by atoms with Crippen molar-refractivity contribution in [2.45, 2.75) is 6.92 Å². The fraction of sp³-hybridized carbons (Fsp3) is 0.214. The molecule has 0 aromatic carbocycles. The number of nitrogens with zero attached hydrogens (tertiary/aromatic N) is 3. The second kappa shape index (κ2) is 5.40. The fourth-order valence-electron chi connectivity index (χ4n) is 2.16. The number of aromatic nitrogens is 2. The summed E-state index contributed by atoms with van der Waals surface area (Å²) in [6, 6.07) is 4.66. The van der Waals surface area contributed by atoms with Crippen LogP contribution < -0.4 is 5.32 Å². The van der Waals surface area contributed by atoms with Crippen LogP contribution in [0.15, 0.2) is 28.9 Å². The van der Waals surface area contributed by atoms with Crippen LogP contribution in [0.1, 0.15) is 37.1 Å². The van der Waals surface area contributed by atoms with Crippen molar-refractivity contribution in [2.24, 2.45) is 0 Å². The molecule has 8 nitrogen and oxygen atoms in total. The molecule has 1 aliphatic heterocycles. The molecule has 0 bridgehead atoms. The van der Waals surface area contributed by atoms with E-state index in [1.54, 1.807) is 19.1 Å². The first kappa shape index (κ1) is 13.9. The first-order chi connectivity index (χ1) is 10.6. The molecule has 0 atom stereocenters. The highest BCUT2D eigenvalue weighted by molar-refractivity contribution is 6.20. The third-order valence-electron chi connectivity index (χ3n) is 3.21. The minimum Gasteiger partial charge on any atom is -0.361 e. The number of amides is 3. The number of carbonyl (C=O) groups excluding carboxylic acids is 3. The largest absolute Gasteiger partial charge is 0.361 e. The maximum Gasteiger partial charge on any atom is 0.280 e. The summed E-state index contributed by atoms with van der Waals surface area (Å²) in [5.41, 5.74) is 0.582. The van der Waals surface area contributed by atoms with Gasteiger partial charge in [-0.1, -0.05) is 5.16 Å². The molecule has 0 aliphatic carbocycles. The lowest BCUT2D eigenvalue weighted by atomic mass is 10.2. The number of fused-ring (bicyclic) bond motifs is 1. The molecule has 112 valence electrons. The normalized spacial score (nSPS) is 13.4. The Bertz CT molecular complexity index is 733. The van der Waals surface area contributed by atoms with Crippen molar-refractivity contribution in [3.8, 4) is 0 Å². The van der Waals surface area contributed by atoms with Gasteiger partial charge in [-0.3, -0.25) is 24.3 Å². The van der Waals surface area contributed by atoms with E-state index in [2.05, 4.69) is 15.5 Å². The average molecular weight is 300 g/mol. The predicted octanol–water partition coefficient (Wildman–Crippen LogP) is 0.404. The summed E-state index contributed by atoms with van der Waals surface area (Å²) in [6.45, 7) is 1.86. The third-order valence-corrected chi connectivity index (χ3v) is 3.21. The molecular weight excluding hydrogens is 288 g/mol. The molecule has 22 heavy (non-hydrogen) atoms. The van der Waals surface area contributed by atoms with Crippen LogP contribution in [0.4, 0.5) is 0 Å². The minimum absolute atomic E-state index is 0.0661. The maximum atomic E-state index is 12.1. The summed E-state index contributed by atoms with van der Waals surface area (Å²) >= 11 is 0. The Morgan fingerprint density at radius 1 is 1.36 bits per heavy atom. The molecule has 8 heteroatoms. The zero-order valence-corrected chi connectivity index (χ0v) is 11.7. The molecular formula is C14H12N4O4. The van der Waals surface area contributed by atoms with Gasteiger partial charge in [0.15, 0.2) is 5.69 Å². The van der Waals surface area contributed by atoms with Gasteiger partial charge >= 0.3 is 0 Å². The van der Waals surface area contributed by atoms with Gasteiger partial charge in [0, 0.05) is 25.4 Å². The lowest BCUT2D eigenvalue weighted by molar-refractivity contribution is 0.0647. The number of imide groups is 1. The number of aryl methyl sites for hydroxylation is 1. The van der Waals surface area contributed by atoms with Crippen molar-refractivity contribution in [1.29, 1.82) is 0 Å². The van der Waals surface area contributed by atoms with E-state index < -0.39 is 17.7 Å². The second-order valence-electron chi connectivity index (χ2n) is 4.74. The second-order valence-corrected chi connectivity index (χ2v) is 4.74. The van der Waals surface area contributed by atoms with Crippen molar-refractivity contribution in [3.05, 3.63) is 47.1 Å². The molecule has 1 N–H and O–H groups in total. The minimum atomic E-state index is -0.452. The molecule has 1 aliphatic rings. The summed E-state index contributed by atoms with van der Waals surface area (Å²) in [6.07, 6.45) is 1.46. The summed E-state index contributed by atoms with van der Waals surface area (Å²) < 4.78 is 4.80. The third kappa shape index (κ3) is 2.34. The monoisotopic (exact) mass is 300 g/mol. The summed E-state index contributed by atoms with van der Waals surface area (Å²) in [5.74, 6) is -0.755. The smallest absolute Gasteiger partial charge is 0.280 e. The Kier molecular flexibility index (Phi) is 3.42. The van der Waals surface area contributed by atoms with Crippen molar-refractivity contribution < 1.29 is 18.9 Å². The number of hydrogen-bond donors (Lipinski definition) is 1. The van der Waals surface area contributed by atoms with Gasteiger partial charge in [-0.05, 0) is 19.1 Å². The average Bonchev–Trinajstić information content (AvgIpc) is 3.05. The zero-order valence-electron chi connectivity index (χ0n) is 11.7. The lowest BCUT2D eigenvalue weighted by Gasteiger charge is -2.13. The van der Waals surface area contributed by atoms with E-state index in [9.17, 15) is 14.4 Å². The van der Waals surface area contributed by atoms with Crippen LogP contribution in [0.25, 0.3) is 0 Å². The lowest BCUT2D eigenvalue weighted by Crippen LogP contribution is -2.38. The van der Waals surface area contributed by atoms with E-state index in [1.165, 1.54) is 12.3 Å². The standard InChI is InChI=1S/C14H12N4O4/c1-8-7-10(17-22-8)12(19)16-5-6-18-13(20)9-3-2-4-15-11(9)14(18)21/h2-4,7H,5-6H2,1H3,(H,16,19). The summed E-state index contributed by atoms with van der Waals surface area (Å²) in [4.78, 5) is 40.9. The van der Waals surface area contributed by atoms with Gasteiger partial charge in [0.2, 0.25) is 0 Å². The molecule has 0 spiro atoms. The molecule has 0 saturated carbocycles. The Balaban J connectivity index is 1.60. The number of carbonyl (C=O) groups is 3. The predicted molar refractivity (Wildman–Crippen MR) is 73.2 cm³/mol. The number of nitrogens with one attached hydrogen (secondary N) is 1. The van der Waals surface area contributed by atoms with Gasteiger partial charge in [0.1, 0.15) is 11.5 Å². The van der Waals surface area contributed by atoms with Crippen molar-refractivity contribution in [3.63, 3.8) is 0 Å². The molecule has 3 heterocycles. The highest BCUT2D eigenvalue weighted by atomic mass is 16.5. The van der Waals surface area contributed by atoms with Gasteiger partial charge in [0.25, 0.3) is 17.7 Å². The van der Waals surface area contributed by atoms with Gasteiger partial charge in [-0.15, -0.1) is 0 Å². The summed E-state index contributed by atoms with van der Waals surface area (Å²) in [7, 11) is 0. The van der Waals surface area contributed by atoms with Crippen molar-refractivity contribution in [2.75, 3.05) is 13.1 Å². The van der Waals surface area contributed by atoms with Crippen molar-refractivity contribution in [1.82, 2.24) is 20.4 Å². The molecule has 2 aromatic rings. The Hall–Kier alpha value is -3.03. The van der Waals surface area contributed by atoms with Crippen LogP contribution in [0.3, 0.4) is 0 Å². The molecule has 0 saturated heterocycles. The molecule has 0 radical (unpaired) electrons. The first-order valence-electron chi connectivity index (χ1n) is 6.60. The van der Waals surface area contributed by atoms with Gasteiger partial charge in [0.05, 0.1) is 5.56 Å². The van der Waals surface area contributed by atoms with Crippen LogP contribution >= 0.6 is 0 Å². The molecule has 3 rings (SSSR count). The van der Waals surface area contributed by atoms with Crippen LogP contribution in [0.5, 0.6) is 0 Å². The van der Waals surface area contributed by atoms with E-state index in [1.807, 2.05) is 0 Å². The van der Waals surface area contributed by atoms with Crippen LogP contribution in [-0.2, 0) is 0 Å². The molecule has 3 amide bonds. The molecule has 2 aromatic heterocycles. The van der Waals surface area contributed by atoms with Crippen molar-refractivity contribution >= 4 is 17.7 Å². The van der Waals surface area contributed by atoms with Crippen LogP contribution in [0, 0.1) is 6.92 Å². The number of hydrogen-bond acceptors (Lipinski definition) is 6. The van der Waals surface area contributed by atoms with Crippen LogP contribution in [-0.4, -0.2) is 45.9 Å². The van der Waals surface area contributed by atoms with Gasteiger partial charge < -0.3 is 9.84 Å². The Morgan fingerprint density at radius 3 is 2.86 bits per heavy atom. The van der Waals surface area contributed by atoms with Crippen LogP contribution in [0.2, 0.25) is 0 Å². The van der Waals surface area contributed by atoms with E-state index in [4.69, 9.17) is 4.52 Å². The Morgan fingerprint density at radius 2 is 2.18 bits per heavy atom. The number of pyridine rings is 1. The van der Waals surface area contributed by atoms with E-state index in [-0.39, 0.29) is 30.0 Å². The maximum absolute atomic E-state index is 12.1. The number of rotatable bonds is 4. The SMILES string of the molecule is Cc1cc(C(=O)NCCN2C(=O)c3cccnc3C2=O)no1.